The van der Waals surface area contributed by atoms with Crippen LogP contribution >= 0.6 is 0 Å². The largest absolute Gasteiger partial charge is 0.495 e. The number of piperidine rings is 1. The summed E-state index contributed by atoms with van der Waals surface area (Å²) in [7, 11) is 1.52. The number of anilines is 1. The first-order valence-corrected chi connectivity index (χ1v) is 8.45. The van der Waals surface area contributed by atoms with E-state index in [0.29, 0.717) is 30.2 Å². The Morgan fingerprint density at radius 2 is 2.00 bits per heavy atom. The molecule has 27 heavy (non-hydrogen) atoms. The Bertz CT molecular complexity index is 973. The fraction of sp³-hybridized carbons (Fsp3) is 0.238. The highest BCUT2D eigenvalue weighted by Gasteiger charge is 2.20. The molecule has 1 aliphatic rings. The maximum absolute atomic E-state index is 13.6. The Labute approximate surface area is 156 Å². The second-order valence-electron chi connectivity index (χ2n) is 6.01. The number of pyridine rings is 1. The van der Waals surface area contributed by atoms with Gasteiger partial charge in [0.1, 0.15) is 34.8 Å². The van der Waals surface area contributed by atoms with E-state index >= 15 is 0 Å². The van der Waals surface area contributed by atoms with Crippen LogP contribution in [0.4, 0.5) is 14.6 Å². The van der Waals surface area contributed by atoms with Gasteiger partial charge >= 0.3 is 0 Å². The zero-order valence-electron chi connectivity index (χ0n) is 14.8. The molecular weight excluding hydrogens is 348 g/mol. The summed E-state index contributed by atoms with van der Waals surface area (Å²) >= 11 is 0. The number of benzene rings is 1. The quantitative estimate of drug-likeness (QED) is 0.759. The smallest absolute Gasteiger partial charge is 0.150 e. The van der Waals surface area contributed by atoms with E-state index in [9.17, 15) is 14.0 Å². The fourth-order valence-corrected chi connectivity index (χ4v) is 2.91. The molecule has 3 rings (SSSR count). The molecule has 136 valence electrons. The number of rotatable bonds is 2. The molecule has 0 radical (unpaired) electrons. The van der Waals surface area contributed by atoms with Gasteiger partial charge in [0.05, 0.1) is 12.7 Å². The Hall–Kier alpha value is -3.38. The van der Waals surface area contributed by atoms with Crippen LogP contribution in [-0.2, 0) is 0 Å². The van der Waals surface area contributed by atoms with Gasteiger partial charge in [-0.05, 0) is 43.2 Å². The Morgan fingerprint density at radius 1 is 1.22 bits per heavy atom. The summed E-state index contributed by atoms with van der Waals surface area (Å²) in [5.41, 5.74) is 1.59. The van der Waals surface area contributed by atoms with Crippen molar-refractivity contribution in [2.75, 3.05) is 25.1 Å². The van der Waals surface area contributed by atoms with E-state index < -0.39 is 11.6 Å². The van der Waals surface area contributed by atoms with Gasteiger partial charge in [-0.3, -0.25) is 0 Å². The molecule has 0 aliphatic carbocycles. The van der Waals surface area contributed by atoms with Crippen molar-refractivity contribution in [2.45, 2.75) is 12.8 Å². The number of nitrogens with zero attached hydrogens (tertiary/aromatic N) is 3. The van der Waals surface area contributed by atoms with Crippen molar-refractivity contribution in [3.63, 3.8) is 0 Å². The third kappa shape index (κ3) is 4.24. The lowest BCUT2D eigenvalue weighted by molar-refractivity contribution is 0.412. The Morgan fingerprint density at radius 3 is 2.70 bits per heavy atom. The number of hydrogen-bond acceptors (Lipinski definition) is 4. The van der Waals surface area contributed by atoms with Crippen molar-refractivity contribution < 1.29 is 13.5 Å². The van der Waals surface area contributed by atoms with Crippen LogP contribution in [0.2, 0.25) is 0 Å². The molecule has 0 atom stereocenters. The average molecular weight is 365 g/mol. The van der Waals surface area contributed by atoms with Crippen LogP contribution in [0, 0.1) is 34.8 Å². The van der Waals surface area contributed by atoms with Gasteiger partial charge in [0.15, 0.2) is 0 Å². The lowest BCUT2D eigenvalue weighted by atomic mass is 10.0. The summed E-state index contributed by atoms with van der Waals surface area (Å²) in [5.74, 6) is 5.53. The molecule has 6 heteroatoms. The summed E-state index contributed by atoms with van der Waals surface area (Å²) in [4.78, 5) is 6.37. The number of halogens is 2. The molecule has 0 N–H and O–H groups in total. The Kier molecular flexibility index (Phi) is 5.68. The summed E-state index contributed by atoms with van der Waals surface area (Å²) in [6.07, 6.45) is 4.89. The number of hydrogen-bond donors (Lipinski definition) is 0. The first kappa shape index (κ1) is 18.4. The number of ether oxygens (including phenoxy) is 1. The lowest BCUT2D eigenvalue weighted by Crippen LogP contribution is -2.32. The second kappa shape index (κ2) is 8.33. The molecule has 1 saturated heterocycles. The summed E-state index contributed by atoms with van der Waals surface area (Å²) < 4.78 is 31.9. The predicted octanol–water partition coefficient (Wildman–Crippen LogP) is 3.82. The number of aromatic nitrogens is 1. The van der Waals surface area contributed by atoms with Crippen molar-refractivity contribution in [3.05, 3.63) is 64.9 Å². The van der Waals surface area contributed by atoms with Crippen LogP contribution in [0.3, 0.4) is 0 Å². The third-order valence-electron chi connectivity index (χ3n) is 4.34. The normalized spacial score (nSPS) is 13.4. The maximum Gasteiger partial charge on any atom is 0.150 e. The van der Waals surface area contributed by atoms with E-state index in [1.807, 2.05) is 4.90 Å². The van der Waals surface area contributed by atoms with E-state index in [-0.39, 0.29) is 5.56 Å². The van der Waals surface area contributed by atoms with Crippen molar-refractivity contribution in [1.82, 2.24) is 4.98 Å². The van der Waals surface area contributed by atoms with E-state index in [1.165, 1.54) is 7.11 Å². The van der Waals surface area contributed by atoms with Gasteiger partial charge in [-0.2, -0.15) is 5.26 Å². The molecule has 2 heterocycles. The minimum atomic E-state index is -0.537. The zero-order valence-corrected chi connectivity index (χ0v) is 14.8. The van der Waals surface area contributed by atoms with Crippen LogP contribution in [0.5, 0.6) is 5.75 Å². The third-order valence-corrected chi connectivity index (χ3v) is 4.34. The highest BCUT2D eigenvalue weighted by molar-refractivity contribution is 5.60. The SMILES string of the molecule is COc1ccnc(N2CCC(=CC#Cc3cc(F)ccc3F)CC2)c1C#N. The minimum Gasteiger partial charge on any atom is -0.495 e. The van der Waals surface area contributed by atoms with E-state index in [1.54, 1.807) is 18.3 Å². The molecule has 1 fully saturated rings. The van der Waals surface area contributed by atoms with Crippen molar-refractivity contribution in [2.24, 2.45) is 0 Å². The van der Waals surface area contributed by atoms with Gasteiger partial charge in [-0.25, -0.2) is 13.8 Å². The van der Waals surface area contributed by atoms with Crippen molar-refractivity contribution >= 4 is 5.82 Å². The van der Waals surface area contributed by atoms with Crippen LogP contribution in [-0.4, -0.2) is 25.2 Å². The van der Waals surface area contributed by atoms with Gasteiger partial charge in [0.2, 0.25) is 0 Å². The standard InChI is InChI=1S/C21H17F2N3O/c1-27-20-7-10-25-21(18(20)14-24)26-11-8-15(9-12-26)3-2-4-16-13-17(22)5-6-19(16)23/h3,5-7,10,13H,8-9,11-12H2,1H3. The predicted molar refractivity (Wildman–Crippen MR) is 98.3 cm³/mol. The molecule has 0 saturated carbocycles. The summed E-state index contributed by atoms with van der Waals surface area (Å²) in [6, 6.07) is 7.04. The molecular formula is C21H17F2N3O. The van der Waals surface area contributed by atoms with Crippen molar-refractivity contribution in [1.29, 1.82) is 5.26 Å². The van der Waals surface area contributed by atoms with E-state index in [0.717, 1.165) is 36.6 Å². The monoisotopic (exact) mass is 365 g/mol. The molecule has 2 aromatic rings. The zero-order chi connectivity index (χ0) is 19.2. The summed E-state index contributed by atoms with van der Waals surface area (Å²) in [6.45, 7) is 1.38. The number of nitriles is 1. The molecule has 4 nitrogen and oxygen atoms in total. The van der Waals surface area contributed by atoms with Gasteiger partial charge in [-0.15, -0.1) is 0 Å². The molecule has 0 amide bonds. The highest BCUT2D eigenvalue weighted by Crippen LogP contribution is 2.29. The van der Waals surface area contributed by atoms with E-state index in [4.69, 9.17) is 4.74 Å². The van der Waals surface area contributed by atoms with Crippen LogP contribution < -0.4 is 9.64 Å². The second-order valence-corrected chi connectivity index (χ2v) is 6.01. The first-order valence-electron chi connectivity index (χ1n) is 8.45. The summed E-state index contributed by atoms with van der Waals surface area (Å²) in [5, 5.41) is 9.40. The lowest BCUT2D eigenvalue weighted by Gasteiger charge is -2.30. The van der Waals surface area contributed by atoms with Gasteiger partial charge in [0.25, 0.3) is 0 Å². The number of allylic oxidation sites excluding steroid dienone is 1. The average Bonchev–Trinajstić information content (AvgIpc) is 2.70. The Balaban J connectivity index is 1.70. The molecule has 0 unspecified atom stereocenters. The fourth-order valence-electron chi connectivity index (χ4n) is 2.91. The molecule has 1 aliphatic heterocycles. The van der Waals surface area contributed by atoms with Crippen LogP contribution in [0.25, 0.3) is 0 Å². The topological polar surface area (TPSA) is 49.1 Å². The van der Waals surface area contributed by atoms with Crippen LogP contribution in [0.15, 0.2) is 42.1 Å². The highest BCUT2D eigenvalue weighted by atomic mass is 19.1. The van der Waals surface area contributed by atoms with Gasteiger partial charge in [-0.1, -0.05) is 17.4 Å². The molecule has 1 aromatic heterocycles. The minimum absolute atomic E-state index is 0.0449. The number of methoxy groups -OCH3 is 1. The molecule has 0 spiro atoms. The van der Waals surface area contributed by atoms with Crippen molar-refractivity contribution in [3.8, 4) is 23.7 Å². The van der Waals surface area contributed by atoms with Gasteiger partial charge < -0.3 is 9.64 Å². The van der Waals surface area contributed by atoms with Gasteiger partial charge in [0, 0.05) is 19.3 Å². The molecule has 0 bridgehead atoms. The van der Waals surface area contributed by atoms with E-state index in [2.05, 4.69) is 22.9 Å². The first-order chi connectivity index (χ1) is 13.1. The maximum atomic E-state index is 13.6. The molecule has 1 aromatic carbocycles. The van der Waals surface area contributed by atoms with Crippen LogP contribution in [0.1, 0.15) is 24.0 Å².